The molecule has 10 heteroatoms. The molecule has 39 heavy (non-hydrogen) atoms. The molecule has 206 valence electrons. The van der Waals surface area contributed by atoms with Crippen molar-refractivity contribution in [2.24, 2.45) is 0 Å². The summed E-state index contributed by atoms with van der Waals surface area (Å²) in [5.41, 5.74) is 3.82. The first-order valence-corrected chi connectivity index (χ1v) is 16.7. The average Bonchev–Trinajstić information content (AvgIpc) is 3.33. The van der Waals surface area contributed by atoms with Gasteiger partial charge in [0.2, 0.25) is 0 Å². The third-order valence-corrected chi connectivity index (χ3v) is 8.01. The van der Waals surface area contributed by atoms with Gasteiger partial charge in [0.15, 0.2) is 0 Å². The number of aliphatic hydroxyl groups excluding tert-OH is 1. The van der Waals surface area contributed by atoms with Crippen LogP contribution in [-0.2, 0) is 24.6 Å². The van der Waals surface area contributed by atoms with E-state index in [4.69, 9.17) is 9.47 Å². The van der Waals surface area contributed by atoms with Gasteiger partial charge >= 0.3 is 0 Å². The quantitative estimate of drug-likeness (QED) is 0.182. The zero-order chi connectivity index (χ0) is 28.0. The summed E-state index contributed by atoms with van der Waals surface area (Å²) in [4.78, 5) is 17.5. The Kier molecular flexibility index (Phi) is 9.11. The highest BCUT2D eigenvalue weighted by Gasteiger charge is 2.17. The minimum Gasteiger partial charge on any atom is -0.493 e. The number of amides is 1. The third kappa shape index (κ3) is 7.08. The van der Waals surface area contributed by atoms with E-state index in [2.05, 4.69) is 35.0 Å². The van der Waals surface area contributed by atoms with Gasteiger partial charge in [-0.3, -0.25) is 9.78 Å². The number of hydrogen-bond acceptors (Lipinski definition) is 6. The minimum atomic E-state index is -1.22. The summed E-state index contributed by atoms with van der Waals surface area (Å²) in [5, 5.41) is 17.9. The van der Waals surface area contributed by atoms with Crippen LogP contribution < -0.4 is 10.1 Å². The van der Waals surface area contributed by atoms with Gasteiger partial charge in [-0.05, 0) is 48.9 Å². The number of fused-ring (bicyclic) bond motifs is 1. The van der Waals surface area contributed by atoms with Crippen LogP contribution >= 0.6 is 0 Å². The molecule has 0 bridgehead atoms. The number of nitrogens with one attached hydrogen (secondary N) is 1. The molecule has 0 spiro atoms. The highest BCUT2D eigenvalue weighted by Crippen LogP contribution is 2.32. The van der Waals surface area contributed by atoms with E-state index in [-0.39, 0.29) is 31.6 Å². The van der Waals surface area contributed by atoms with Gasteiger partial charge < -0.3 is 19.9 Å². The number of carbonyl (C=O) groups is 1. The Morgan fingerprint density at radius 1 is 1.15 bits per heavy atom. The average molecular weight is 551 g/mol. The Morgan fingerprint density at radius 3 is 2.69 bits per heavy atom. The topological polar surface area (TPSA) is 98.5 Å². The van der Waals surface area contributed by atoms with Crippen molar-refractivity contribution in [2.75, 3.05) is 13.2 Å². The SMILES string of the molecule is CCOc1cc(C(=O)NCc2cnc(CO)c3cnn(COCC[Si](C)(C)C)c23)ccc1-c1cccc(F)c1. The molecular weight excluding hydrogens is 515 g/mol. The third-order valence-electron chi connectivity index (χ3n) is 6.31. The zero-order valence-electron chi connectivity index (χ0n) is 22.8. The Bertz CT molecular complexity index is 1450. The molecule has 0 aliphatic carbocycles. The van der Waals surface area contributed by atoms with Crippen LogP contribution in [0.3, 0.4) is 0 Å². The second kappa shape index (κ2) is 12.5. The predicted molar refractivity (Wildman–Crippen MR) is 152 cm³/mol. The van der Waals surface area contributed by atoms with E-state index in [1.165, 1.54) is 12.1 Å². The number of aliphatic hydroxyl groups is 1. The molecule has 0 unspecified atom stereocenters. The fourth-order valence-electron chi connectivity index (χ4n) is 4.21. The van der Waals surface area contributed by atoms with Crippen molar-refractivity contribution in [1.29, 1.82) is 0 Å². The number of carbonyl (C=O) groups excluding carboxylic acids is 1. The second-order valence-electron chi connectivity index (χ2n) is 10.5. The molecule has 0 atom stereocenters. The first kappa shape index (κ1) is 28.4. The maximum atomic E-state index is 13.8. The molecule has 1 amide bonds. The van der Waals surface area contributed by atoms with Gasteiger partial charge in [-0.15, -0.1) is 0 Å². The molecule has 0 fully saturated rings. The van der Waals surface area contributed by atoms with Gasteiger partial charge in [0.1, 0.15) is 18.3 Å². The number of halogens is 1. The highest BCUT2D eigenvalue weighted by atomic mass is 28.3. The monoisotopic (exact) mass is 550 g/mol. The van der Waals surface area contributed by atoms with Crippen LogP contribution in [-0.4, -0.2) is 47.1 Å². The highest BCUT2D eigenvalue weighted by molar-refractivity contribution is 6.76. The lowest BCUT2D eigenvalue weighted by atomic mass is 10.0. The van der Waals surface area contributed by atoms with E-state index < -0.39 is 8.07 Å². The maximum Gasteiger partial charge on any atom is 0.251 e. The number of hydrogen-bond donors (Lipinski definition) is 2. The summed E-state index contributed by atoms with van der Waals surface area (Å²) in [7, 11) is -1.22. The Labute approximate surface area is 228 Å². The zero-order valence-corrected chi connectivity index (χ0v) is 23.8. The van der Waals surface area contributed by atoms with Crippen molar-refractivity contribution in [2.45, 2.75) is 52.5 Å². The number of benzene rings is 2. The summed E-state index contributed by atoms with van der Waals surface area (Å²) in [5.74, 6) is -0.135. The van der Waals surface area contributed by atoms with Crippen LogP contribution in [0.2, 0.25) is 25.7 Å². The molecule has 2 aromatic heterocycles. The molecule has 0 aliphatic heterocycles. The van der Waals surface area contributed by atoms with Gasteiger partial charge in [-0.1, -0.05) is 31.8 Å². The largest absolute Gasteiger partial charge is 0.493 e. The minimum absolute atomic E-state index is 0.199. The first-order valence-electron chi connectivity index (χ1n) is 13.0. The Hall–Kier alpha value is -3.60. The summed E-state index contributed by atoms with van der Waals surface area (Å²) in [6, 6.07) is 12.4. The van der Waals surface area contributed by atoms with Crippen molar-refractivity contribution < 1.29 is 23.8 Å². The molecule has 0 saturated heterocycles. The molecule has 2 N–H and O–H groups in total. The van der Waals surface area contributed by atoms with E-state index >= 15 is 0 Å². The van der Waals surface area contributed by atoms with Crippen LogP contribution in [0.25, 0.3) is 22.0 Å². The standard InChI is InChI=1S/C29H35FN4O4Si/c1-5-38-27-14-21(9-10-24(27)20-7-6-8-23(30)13-20)29(36)32-16-22-15-31-26(18-35)25-17-33-34(28(22)25)19-37-11-12-39(2,3)4/h6-10,13-15,17,35H,5,11-12,16,18-19H2,1-4H3,(H,32,36). The van der Waals surface area contributed by atoms with Gasteiger partial charge in [-0.25, -0.2) is 9.07 Å². The van der Waals surface area contributed by atoms with Gasteiger partial charge in [-0.2, -0.15) is 5.10 Å². The van der Waals surface area contributed by atoms with Crippen LogP contribution in [0, 0.1) is 5.82 Å². The van der Waals surface area contributed by atoms with E-state index in [0.717, 1.165) is 22.5 Å². The molecular formula is C29H35FN4O4Si. The molecule has 4 rings (SSSR count). The van der Waals surface area contributed by atoms with E-state index in [0.29, 0.717) is 41.3 Å². The van der Waals surface area contributed by atoms with E-state index in [1.807, 2.05) is 6.92 Å². The van der Waals surface area contributed by atoms with Gasteiger partial charge in [0.25, 0.3) is 5.91 Å². The van der Waals surface area contributed by atoms with Crippen LogP contribution in [0.15, 0.2) is 54.9 Å². The molecule has 2 heterocycles. The van der Waals surface area contributed by atoms with Crippen LogP contribution in [0.4, 0.5) is 4.39 Å². The number of nitrogens with zero attached hydrogens (tertiary/aromatic N) is 3. The molecule has 0 aliphatic rings. The number of rotatable bonds is 12. The van der Waals surface area contributed by atoms with Crippen molar-refractivity contribution in [3.63, 3.8) is 0 Å². The first-order chi connectivity index (χ1) is 18.7. The Balaban J connectivity index is 1.53. The van der Waals surface area contributed by atoms with Crippen molar-refractivity contribution in [3.05, 3.63) is 77.5 Å². The summed E-state index contributed by atoms with van der Waals surface area (Å²) in [6.07, 6.45) is 3.31. The summed E-state index contributed by atoms with van der Waals surface area (Å²) < 4.78 is 27.2. The maximum absolute atomic E-state index is 13.8. The van der Waals surface area contributed by atoms with E-state index in [1.54, 1.807) is 47.4 Å². The molecule has 0 saturated carbocycles. The lowest BCUT2D eigenvalue weighted by Gasteiger charge is -2.16. The number of ether oxygens (including phenoxy) is 2. The van der Waals surface area contributed by atoms with Crippen LogP contribution in [0.5, 0.6) is 5.75 Å². The number of aromatic nitrogens is 3. The van der Waals surface area contributed by atoms with Crippen molar-refractivity contribution in [1.82, 2.24) is 20.1 Å². The molecule has 2 aromatic carbocycles. The smallest absolute Gasteiger partial charge is 0.251 e. The Morgan fingerprint density at radius 2 is 1.97 bits per heavy atom. The van der Waals surface area contributed by atoms with Crippen molar-refractivity contribution >= 4 is 24.9 Å². The normalized spacial score (nSPS) is 11.6. The summed E-state index contributed by atoms with van der Waals surface area (Å²) in [6.45, 7) is 10.0. The fraction of sp³-hybridized carbons (Fsp3) is 0.345. The fourth-order valence-corrected chi connectivity index (χ4v) is 4.97. The molecule has 0 radical (unpaired) electrons. The molecule has 4 aromatic rings. The van der Waals surface area contributed by atoms with Crippen LogP contribution in [0.1, 0.15) is 28.5 Å². The predicted octanol–water partition coefficient (Wildman–Crippen LogP) is 5.37. The van der Waals surface area contributed by atoms with Gasteiger partial charge in [0.05, 0.1) is 30.6 Å². The molecule has 8 nitrogen and oxygen atoms in total. The summed E-state index contributed by atoms with van der Waals surface area (Å²) >= 11 is 0. The lowest BCUT2D eigenvalue weighted by molar-refractivity contribution is 0.0816. The van der Waals surface area contributed by atoms with E-state index in [9.17, 15) is 14.3 Å². The number of pyridine rings is 1. The lowest BCUT2D eigenvalue weighted by Crippen LogP contribution is -2.24. The van der Waals surface area contributed by atoms with Gasteiger partial charge in [0, 0.05) is 49.5 Å². The van der Waals surface area contributed by atoms with Crippen molar-refractivity contribution in [3.8, 4) is 16.9 Å². The second-order valence-corrected chi connectivity index (χ2v) is 16.1.